The molecule has 0 spiro atoms. The van der Waals surface area contributed by atoms with Gasteiger partial charge in [-0.15, -0.1) is 17.5 Å². The zero-order valence-electron chi connectivity index (χ0n) is 14.6. The first-order valence-electron chi connectivity index (χ1n) is 8.11. The average molecular weight is 421 g/mol. The molecule has 146 valence electrons. The van der Waals surface area contributed by atoms with Crippen LogP contribution in [-0.2, 0) is 6.18 Å². The van der Waals surface area contributed by atoms with Crippen molar-refractivity contribution in [2.75, 3.05) is 38.1 Å². The molecule has 2 aromatic heterocycles. The van der Waals surface area contributed by atoms with Gasteiger partial charge in [-0.2, -0.15) is 17.7 Å². The van der Waals surface area contributed by atoms with Gasteiger partial charge in [0.2, 0.25) is 5.95 Å². The molecular formula is C16H17Cl2F3N6. The summed E-state index contributed by atoms with van der Waals surface area (Å²) in [6.07, 6.45) is -4.54. The van der Waals surface area contributed by atoms with E-state index < -0.39 is 11.7 Å². The van der Waals surface area contributed by atoms with Crippen LogP contribution in [-0.4, -0.2) is 57.7 Å². The number of aromatic nitrogens is 4. The molecule has 0 bridgehead atoms. The number of fused-ring (bicyclic) bond motifs is 3. The molecule has 1 saturated heterocycles. The Hall–Kier alpha value is -1.84. The normalized spacial score (nSPS) is 16.1. The Balaban J connectivity index is 0.00000210. The first-order valence-corrected chi connectivity index (χ1v) is 8.49. The molecule has 4 rings (SSSR count). The van der Waals surface area contributed by atoms with Crippen LogP contribution >= 0.6 is 24.0 Å². The monoisotopic (exact) mass is 420 g/mol. The summed E-state index contributed by atoms with van der Waals surface area (Å²) in [7, 11) is 2.03. The van der Waals surface area contributed by atoms with Crippen LogP contribution in [0.4, 0.5) is 19.1 Å². The molecule has 3 aromatic rings. The number of alkyl halides is 3. The minimum absolute atomic E-state index is 0. The number of hydrogen-bond donors (Lipinski definition) is 0. The molecule has 0 N–H and O–H groups in total. The first-order chi connectivity index (χ1) is 12.2. The summed E-state index contributed by atoms with van der Waals surface area (Å²) in [4.78, 5) is 13.1. The topological polar surface area (TPSA) is 49.6 Å². The van der Waals surface area contributed by atoms with Crippen LogP contribution in [0.5, 0.6) is 0 Å². The van der Waals surface area contributed by atoms with Gasteiger partial charge in [-0.25, -0.2) is 9.97 Å². The molecule has 0 saturated carbocycles. The fourth-order valence-electron chi connectivity index (χ4n) is 3.15. The molecule has 11 heteroatoms. The van der Waals surface area contributed by atoms with Gasteiger partial charge in [0, 0.05) is 31.6 Å². The van der Waals surface area contributed by atoms with Crippen LogP contribution in [0.1, 0.15) is 11.4 Å². The lowest BCUT2D eigenvalue weighted by Gasteiger charge is -2.33. The van der Waals surface area contributed by atoms with Crippen LogP contribution in [0.15, 0.2) is 12.1 Å². The Morgan fingerprint density at radius 2 is 1.74 bits per heavy atom. The highest BCUT2D eigenvalue weighted by Crippen LogP contribution is 2.38. The second-order valence-electron chi connectivity index (χ2n) is 6.44. The zero-order chi connectivity index (χ0) is 18.6. The van der Waals surface area contributed by atoms with E-state index in [1.54, 1.807) is 11.4 Å². The fraction of sp³-hybridized carbons (Fsp3) is 0.438. The zero-order valence-corrected chi connectivity index (χ0v) is 16.2. The van der Waals surface area contributed by atoms with Gasteiger partial charge in [-0.05, 0) is 26.1 Å². The van der Waals surface area contributed by atoms with E-state index in [1.807, 2.05) is 11.9 Å². The third-order valence-corrected chi connectivity index (χ3v) is 4.85. The van der Waals surface area contributed by atoms with E-state index >= 15 is 0 Å². The molecule has 0 radical (unpaired) electrons. The minimum Gasteiger partial charge on any atom is -0.338 e. The largest absolute Gasteiger partial charge is 0.417 e. The Kier molecular flexibility index (Phi) is 5.13. The molecule has 6 nitrogen and oxygen atoms in total. The van der Waals surface area contributed by atoms with Crippen LogP contribution < -0.4 is 4.90 Å². The van der Waals surface area contributed by atoms with Gasteiger partial charge in [0.15, 0.2) is 5.65 Å². The SMILES string of the molecule is Cc1nc2c3cc(Cl)c(C(F)(F)F)cc3nc(N3CCN(C)CC3)n2n1.Cl. The lowest BCUT2D eigenvalue weighted by atomic mass is 10.1. The molecule has 3 heterocycles. The number of hydrogen-bond acceptors (Lipinski definition) is 5. The summed E-state index contributed by atoms with van der Waals surface area (Å²) in [6.45, 7) is 4.83. The van der Waals surface area contributed by atoms with E-state index in [-0.39, 0.29) is 22.9 Å². The maximum Gasteiger partial charge on any atom is 0.417 e. The standard InChI is InChI=1S/C16H16ClF3N6.ClH/c1-9-21-14-10-7-12(17)11(16(18,19)20)8-13(10)22-15(26(14)23-9)25-5-3-24(2)4-6-25;/h7-8H,3-6H2,1-2H3;1H. The molecule has 0 amide bonds. The Labute approximate surface area is 164 Å². The Morgan fingerprint density at radius 3 is 2.37 bits per heavy atom. The molecule has 1 aliphatic rings. The highest BCUT2D eigenvalue weighted by atomic mass is 35.5. The van der Waals surface area contributed by atoms with E-state index in [0.717, 1.165) is 19.2 Å². The lowest BCUT2D eigenvalue weighted by Crippen LogP contribution is -2.45. The van der Waals surface area contributed by atoms with Gasteiger partial charge in [0.1, 0.15) is 5.82 Å². The molecule has 1 aromatic carbocycles. The Bertz CT molecular complexity index is 995. The van der Waals surface area contributed by atoms with Crippen LogP contribution in [0, 0.1) is 6.92 Å². The average Bonchev–Trinajstić information content (AvgIpc) is 2.95. The summed E-state index contributed by atoms with van der Waals surface area (Å²) < 4.78 is 41.3. The molecule has 0 atom stereocenters. The Morgan fingerprint density at radius 1 is 1.07 bits per heavy atom. The number of piperazine rings is 1. The minimum atomic E-state index is -4.54. The van der Waals surface area contributed by atoms with Gasteiger partial charge < -0.3 is 9.80 Å². The van der Waals surface area contributed by atoms with Crippen molar-refractivity contribution in [1.29, 1.82) is 0 Å². The summed E-state index contributed by atoms with van der Waals surface area (Å²) in [5.41, 5.74) is -0.239. The number of aryl methyl sites for hydroxylation is 1. The van der Waals surface area contributed by atoms with Crippen molar-refractivity contribution in [2.24, 2.45) is 0 Å². The van der Waals surface area contributed by atoms with E-state index in [4.69, 9.17) is 11.6 Å². The highest BCUT2D eigenvalue weighted by Gasteiger charge is 2.34. The molecule has 1 aliphatic heterocycles. The molecular weight excluding hydrogens is 404 g/mol. The van der Waals surface area contributed by atoms with Crippen molar-refractivity contribution < 1.29 is 13.2 Å². The molecule has 0 unspecified atom stereocenters. The number of halogens is 5. The van der Waals surface area contributed by atoms with Gasteiger partial charge >= 0.3 is 6.18 Å². The highest BCUT2D eigenvalue weighted by molar-refractivity contribution is 6.32. The number of nitrogens with zero attached hydrogens (tertiary/aromatic N) is 6. The number of benzene rings is 1. The smallest absolute Gasteiger partial charge is 0.338 e. The number of likely N-dealkylation sites (N-methyl/N-ethyl adjacent to an activating group) is 1. The van der Waals surface area contributed by atoms with Crippen molar-refractivity contribution >= 4 is 46.5 Å². The van der Waals surface area contributed by atoms with Crippen molar-refractivity contribution in [3.05, 3.63) is 28.5 Å². The number of rotatable bonds is 1. The number of anilines is 1. The molecule has 27 heavy (non-hydrogen) atoms. The lowest BCUT2D eigenvalue weighted by molar-refractivity contribution is -0.137. The van der Waals surface area contributed by atoms with Crippen molar-refractivity contribution in [3.63, 3.8) is 0 Å². The van der Waals surface area contributed by atoms with Gasteiger partial charge in [-0.1, -0.05) is 11.6 Å². The molecule has 1 fully saturated rings. The summed E-state index contributed by atoms with van der Waals surface area (Å²) in [6, 6.07) is 2.26. The molecule has 0 aliphatic carbocycles. The van der Waals surface area contributed by atoms with E-state index in [1.165, 1.54) is 6.07 Å². The predicted molar refractivity (Wildman–Crippen MR) is 100.0 cm³/mol. The van der Waals surface area contributed by atoms with E-state index in [2.05, 4.69) is 20.0 Å². The van der Waals surface area contributed by atoms with Crippen molar-refractivity contribution in [1.82, 2.24) is 24.5 Å². The van der Waals surface area contributed by atoms with E-state index in [9.17, 15) is 13.2 Å². The third kappa shape index (κ3) is 3.51. The van der Waals surface area contributed by atoms with Crippen LogP contribution in [0.3, 0.4) is 0 Å². The fourth-order valence-corrected chi connectivity index (χ4v) is 3.42. The van der Waals surface area contributed by atoms with Gasteiger partial charge in [0.05, 0.1) is 16.1 Å². The maximum absolute atomic E-state index is 13.2. The van der Waals surface area contributed by atoms with E-state index in [0.29, 0.717) is 35.9 Å². The quantitative estimate of drug-likeness (QED) is 0.603. The predicted octanol–water partition coefficient (Wildman–Crippen LogP) is 3.43. The summed E-state index contributed by atoms with van der Waals surface area (Å²) in [5.74, 6) is 1.02. The second kappa shape index (κ2) is 6.96. The van der Waals surface area contributed by atoms with Crippen molar-refractivity contribution in [3.8, 4) is 0 Å². The third-order valence-electron chi connectivity index (χ3n) is 4.54. The summed E-state index contributed by atoms with van der Waals surface area (Å²) >= 11 is 5.88. The van der Waals surface area contributed by atoms with Crippen LogP contribution in [0.25, 0.3) is 16.6 Å². The van der Waals surface area contributed by atoms with Gasteiger partial charge in [-0.3, -0.25) is 0 Å². The summed E-state index contributed by atoms with van der Waals surface area (Å²) in [5, 5.41) is 4.45. The van der Waals surface area contributed by atoms with Crippen molar-refractivity contribution in [2.45, 2.75) is 13.1 Å². The van der Waals surface area contributed by atoms with Gasteiger partial charge in [0.25, 0.3) is 0 Å². The van der Waals surface area contributed by atoms with Crippen LogP contribution in [0.2, 0.25) is 5.02 Å². The second-order valence-corrected chi connectivity index (χ2v) is 6.85. The maximum atomic E-state index is 13.2. The first kappa shape index (κ1) is 19.9.